The van der Waals surface area contributed by atoms with Crippen LogP contribution in [-0.4, -0.2) is 36.3 Å². The molecule has 2 amide bonds. The average molecular weight is 417 g/mol. The average Bonchev–Trinajstić information content (AvgIpc) is 3.34. The van der Waals surface area contributed by atoms with Crippen molar-refractivity contribution in [3.05, 3.63) is 72.3 Å². The van der Waals surface area contributed by atoms with Crippen molar-refractivity contribution in [2.24, 2.45) is 17.3 Å². The maximum Gasteiger partial charge on any atom is 0.228 e. The number of hydrogen-bond acceptors (Lipinski definition) is 2. The Morgan fingerprint density at radius 1 is 1.23 bits per heavy atom. The highest BCUT2D eigenvalue weighted by Crippen LogP contribution is 2.43. The Morgan fingerprint density at radius 3 is 2.71 bits per heavy atom. The fraction of sp³-hybridized carbons (Fsp3) is 0.407. The Bertz CT molecular complexity index is 998. The van der Waals surface area contributed by atoms with E-state index in [1.807, 2.05) is 17.0 Å². The molecule has 0 bridgehead atoms. The molecule has 1 aliphatic heterocycles. The third-order valence-corrected chi connectivity index (χ3v) is 6.86. The topological polar surface area (TPSA) is 49.4 Å². The van der Waals surface area contributed by atoms with Gasteiger partial charge in [0.25, 0.3) is 0 Å². The molecular weight excluding hydrogens is 384 g/mol. The number of rotatable bonds is 7. The molecule has 2 fully saturated rings. The van der Waals surface area contributed by atoms with E-state index in [1.165, 1.54) is 5.56 Å². The number of amides is 2. The van der Waals surface area contributed by atoms with Crippen molar-refractivity contribution in [3.8, 4) is 11.1 Å². The fourth-order valence-electron chi connectivity index (χ4n) is 4.86. The Morgan fingerprint density at radius 2 is 2.00 bits per heavy atom. The quantitative estimate of drug-likeness (QED) is 0.681. The van der Waals surface area contributed by atoms with E-state index in [9.17, 15) is 9.59 Å². The third-order valence-electron chi connectivity index (χ3n) is 6.86. The molecule has 2 aromatic carbocycles. The number of likely N-dealkylation sites (tertiary alicyclic amines) is 1. The molecule has 4 heteroatoms. The van der Waals surface area contributed by atoms with Crippen LogP contribution in [0.3, 0.4) is 0 Å². The van der Waals surface area contributed by atoms with Gasteiger partial charge in [0.15, 0.2) is 0 Å². The minimum atomic E-state index is -0.614. The molecule has 3 atom stereocenters. The zero-order valence-corrected chi connectivity index (χ0v) is 18.6. The standard InChI is InChI=1S/C27H32N2O2/c1-4-13-28-26(31)27(12-14-29(18-27)25(30)24-16-20(24)3)17-22-9-5-6-11-23(22)21-10-7-8-19(2)15-21/h4-11,15,20,24H,1,12-14,16-18H2,2-3H3,(H,28,31)/t20-,24-,27-/m0/s1. The summed E-state index contributed by atoms with van der Waals surface area (Å²) in [6.45, 7) is 9.52. The van der Waals surface area contributed by atoms with Crippen molar-refractivity contribution in [1.29, 1.82) is 0 Å². The number of carbonyl (C=O) groups is 2. The molecule has 1 saturated carbocycles. The zero-order chi connectivity index (χ0) is 22.0. The second-order valence-corrected chi connectivity index (χ2v) is 9.31. The Labute approximate surface area is 185 Å². The van der Waals surface area contributed by atoms with Crippen LogP contribution in [0.5, 0.6) is 0 Å². The molecule has 0 radical (unpaired) electrons. The maximum atomic E-state index is 13.4. The number of aryl methyl sites for hydroxylation is 1. The zero-order valence-electron chi connectivity index (χ0n) is 18.6. The van der Waals surface area contributed by atoms with Crippen LogP contribution in [0.1, 0.15) is 30.9 Å². The summed E-state index contributed by atoms with van der Waals surface area (Å²) in [7, 11) is 0. The lowest BCUT2D eigenvalue weighted by Gasteiger charge is -2.29. The maximum absolute atomic E-state index is 13.4. The van der Waals surface area contributed by atoms with Crippen LogP contribution in [0.4, 0.5) is 0 Å². The molecule has 1 heterocycles. The van der Waals surface area contributed by atoms with Gasteiger partial charge in [-0.1, -0.05) is 67.1 Å². The minimum Gasteiger partial charge on any atom is -0.352 e. The lowest BCUT2D eigenvalue weighted by Crippen LogP contribution is -2.45. The van der Waals surface area contributed by atoms with Gasteiger partial charge in [0, 0.05) is 25.6 Å². The minimum absolute atomic E-state index is 0.0191. The van der Waals surface area contributed by atoms with E-state index in [0.29, 0.717) is 38.4 Å². The largest absolute Gasteiger partial charge is 0.352 e. The number of nitrogens with zero attached hydrogens (tertiary/aromatic N) is 1. The second kappa shape index (κ2) is 8.70. The molecule has 4 nitrogen and oxygen atoms in total. The van der Waals surface area contributed by atoms with E-state index in [1.54, 1.807) is 6.08 Å². The second-order valence-electron chi connectivity index (χ2n) is 9.31. The summed E-state index contributed by atoms with van der Waals surface area (Å²) in [5.41, 5.74) is 4.06. The summed E-state index contributed by atoms with van der Waals surface area (Å²) in [5, 5.41) is 3.02. The van der Waals surface area contributed by atoms with Gasteiger partial charge >= 0.3 is 0 Å². The van der Waals surface area contributed by atoms with E-state index >= 15 is 0 Å². The van der Waals surface area contributed by atoms with Crippen LogP contribution in [0, 0.1) is 24.2 Å². The molecule has 2 aromatic rings. The summed E-state index contributed by atoms with van der Waals surface area (Å²) >= 11 is 0. The first kappa shape index (κ1) is 21.4. The molecule has 1 aliphatic carbocycles. The Hall–Kier alpha value is -2.88. The van der Waals surface area contributed by atoms with Gasteiger partial charge < -0.3 is 10.2 Å². The van der Waals surface area contributed by atoms with Crippen LogP contribution in [0.25, 0.3) is 11.1 Å². The fourth-order valence-corrected chi connectivity index (χ4v) is 4.86. The van der Waals surface area contributed by atoms with Crippen LogP contribution >= 0.6 is 0 Å². The van der Waals surface area contributed by atoms with Crippen molar-refractivity contribution < 1.29 is 9.59 Å². The normalized spacial score (nSPS) is 24.6. The van der Waals surface area contributed by atoms with E-state index in [4.69, 9.17) is 0 Å². The van der Waals surface area contributed by atoms with Crippen molar-refractivity contribution in [2.75, 3.05) is 19.6 Å². The number of carbonyl (C=O) groups excluding carboxylic acids is 2. The summed E-state index contributed by atoms with van der Waals surface area (Å²) in [6.07, 6.45) is 3.98. The molecule has 1 N–H and O–H groups in total. The van der Waals surface area contributed by atoms with E-state index < -0.39 is 5.41 Å². The van der Waals surface area contributed by atoms with E-state index in [0.717, 1.165) is 23.1 Å². The van der Waals surface area contributed by atoms with Crippen LogP contribution in [0.15, 0.2) is 61.2 Å². The van der Waals surface area contributed by atoms with Crippen LogP contribution < -0.4 is 5.32 Å². The highest BCUT2D eigenvalue weighted by Gasteiger charge is 2.49. The van der Waals surface area contributed by atoms with Gasteiger partial charge in [-0.2, -0.15) is 0 Å². The molecule has 31 heavy (non-hydrogen) atoms. The van der Waals surface area contributed by atoms with Crippen LogP contribution in [-0.2, 0) is 16.0 Å². The summed E-state index contributed by atoms with van der Waals surface area (Å²) in [6, 6.07) is 16.8. The van der Waals surface area contributed by atoms with Crippen molar-refractivity contribution in [3.63, 3.8) is 0 Å². The van der Waals surface area contributed by atoms with E-state index in [2.05, 4.69) is 62.1 Å². The van der Waals surface area contributed by atoms with Gasteiger partial charge in [-0.05, 0) is 48.8 Å². The van der Waals surface area contributed by atoms with Gasteiger partial charge in [-0.3, -0.25) is 9.59 Å². The van der Waals surface area contributed by atoms with Gasteiger partial charge in [-0.15, -0.1) is 6.58 Å². The summed E-state index contributed by atoms with van der Waals surface area (Å²) < 4.78 is 0. The predicted molar refractivity (Wildman–Crippen MR) is 124 cm³/mol. The molecule has 162 valence electrons. The predicted octanol–water partition coefficient (Wildman–Crippen LogP) is 4.38. The van der Waals surface area contributed by atoms with Crippen molar-refractivity contribution >= 4 is 11.8 Å². The van der Waals surface area contributed by atoms with Crippen LogP contribution in [0.2, 0.25) is 0 Å². The van der Waals surface area contributed by atoms with Gasteiger partial charge in [0.1, 0.15) is 0 Å². The molecule has 4 rings (SSSR count). The first-order valence-corrected chi connectivity index (χ1v) is 11.3. The van der Waals surface area contributed by atoms with Gasteiger partial charge in [-0.25, -0.2) is 0 Å². The van der Waals surface area contributed by atoms with Crippen molar-refractivity contribution in [2.45, 2.75) is 33.1 Å². The summed E-state index contributed by atoms with van der Waals surface area (Å²) in [5.74, 6) is 0.856. The molecule has 0 aromatic heterocycles. The first-order valence-electron chi connectivity index (χ1n) is 11.3. The Kier molecular flexibility index (Phi) is 5.99. The molecular formula is C27H32N2O2. The van der Waals surface area contributed by atoms with Gasteiger partial charge in [0.2, 0.25) is 11.8 Å². The first-order chi connectivity index (χ1) is 14.9. The summed E-state index contributed by atoms with van der Waals surface area (Å²) in [4.78, 5) is 28.2. The molecule has 0 spiro atoms. The Balaban J connectivity index is 1.64. The number of benzene rings is 2. The monoisotopic (exact) mass is 416 g/mol. The number of hydrogen-bond donors (Lipinski definition) is 1. The lowest BCUT2D eigenvalue weighted by molar-refractivity contribution is -0.134. The smallest absolute Gasteiger partial charge is 0.228 e. The highest BCUT2D eigenvalue weighted by molar-refractivity contribution is 5.87. The van der Waals surface area contributed by atoms with Crippen molar-refractivity contribution in [1.82, 2.24) is 10.2 Å². The highest BCUT2D eigenvalue weighted by atomic mass is 16.2. The number of nitrogens with one attached hydrogen (secondary N) is 1. The molecule has 0 unspecified atom stereocenters. The molecule has 1 saturated heterocycles. The third kappa shape index (κ3) is 4.43. The molecule has 2 aliphatic rings. The van der Waals surface area contributed by atoms with E-state index in [-0.39, 0.29) is 17.7 Å². The lowest BCUT2D eigenvalue weighted by atomic mass is 9.78. The van der Waals surface area contributed by atoms with Gasteiger partial charge in [0.05, 0.1) is 5.41 Å². The SMILES string of the molecule is C=CCNC(=O)[C@]1(Cc2ccccc2-c2cccc(C)c2)CCN(C(=O)[C@H]2C[C@@H]2C)C1.